The highest BCUT2D eigenvalue weighted by molar-refractivity contribution is 7.90. The number of benzene rings is 1. The van der Waals surface area contributed by atoms with E-state index in [0.717, 1.165) is 4.31 Å². The molecule has 0 unspecified atom stereocenters. The van der Waals surface area contributed by atoms with E-state index in [4.69, 9.17) is 5.73 Å². The number of nitrogens with two attached hydrogens (primary N) is 1. The normalized spacial score (nSPS) is 12.8. The SMILES string of the molecule is CCc1ccc(N)cc1S(=O)(=O)NCCS(=O)(=O)N(C)C. The Morgan fingerprint density at radius 3 is 2.33 bits per heavy atom. The third kappa shape index (κ3) is 4.67. The quantitative estimate of drug-likeness (QED) is 0.682. The van der Waals surface area contributed by atoms with Gasteiger partial charge in [0.15, 0.2) is 0 Å². The fourth-order valence-corrected chi connectivity index (χ4v) is 3.91. The van der Waals surface area contributed by atoms with Crippen LogP contribution in [0.15, 0.2) is 23.1 Å². The summed E-state index contributed by atoms with van der Waals surface area (Å²) in [5, 5.41) is 0. The number of rotatable bonds is 7. The summed E-state index contributed by atoms with van der Waals surface area (Å²) < 4.78 is 51.0. The van der Waals surface area contributed by atoms with Crippen LogP contribution >= 0.6 is 0 Å². The zero-order valence-electron chi connectivity index (χ0n) is 12.3. The molecule has 0 aliphatic rings. The predicted octanol–water partition coefficient (Wildman–Crippen LogP) is 0.000900. The van der Waals surface area contributed by atoms with E-state index in [1.54, 1.807) is 12.1 Å². The average molecular weight is 335 g/mol. The number of hydrogen-bond donors (Lipinski definition) is 2. The highest BCUT2D eigenvalue weighted by Crippen LogP contribution is 2.19. The van der Waals surface area contributed by atoms with Crippen LogP contribution in [0.2, 0.25) is 0 Å². The monoisotopic (exact) mass is 335 g/mol. The summed E-state index contributed by atoms with van der Waals surface area (Å²) in [5.74, 6) is -0.303. The lowest BCUT2D eigenvalue weighted by atomic mass is 10.1. The van der Waals surface area contributed by atoms with E-state index in [0.29, 0.717) is 17.7 Å². The Bertz CT molecular complexity index is 697. The molecule has 0 fully saturated rings. The Morgan fingerprint density at radius 1 is 1.19 bits per heavy atom. The van der Waals surface area contributed by atoms with E-state index in [1.165, 1.54) is 20.2 Å². The van der Waals surface area contributed by atoms with Gasteiger partial charge in [0, 0.05) is 26.3 Å². The molecule has 0 aliphatic heterocycles. The lowest BCUT2D eigenvalue weighted by Gasteiger charge is -2.13. The van der Waals surface area contributed by atoms with Gasteiger partial charge in [0.1, 0.15) is 0 Å². The van der Waals surface area contributed by atoms with Crippen molar-refractivity contribution in [3.63, 3.8) is 0 Å². The molecule has 0 radical (unpaired) electrons. The Hall–Kier alpha value is -1.16. The first-order valence-corrected chi connectivity index (χ1v) is 9.47. The van der Waals surface area contributed by atoms with Gasteiger partial charge in [-0.2, -0.15) is 0 Å². The Labute approximate surface area is 126 Å². The molecule has 0 saturated heterocycles. The number of nitrogens with one attached hydrogen (secondary N) is 1. The van der Waals surface area contributed by atoms with Gasteiger partial charge in [0.05, 0.1) is 10.6 Å². The standard InChI is InChI=1S/C12H21N3O4S2/c1-4-10-5-6-11(13)9-12(10)21(18,19)14-7-8-20(16,17)15(2)3/h5-6,9,14H,4,7-8,13H2,1-3H3. The van der Waals surface area contributed by atoms with Crippen molar-refractivity contribution < 1.29 is 16.8 Å². The second-order valence-electron chi connectivity index (χ2n) is 4.72. The van der Waals surface area contributed by atoms with Gasteiger partial charge in [0.25, 0.3) is 0 Å². The van der Waals surface area contributed by atoms with Gasteiger partial charge < -0.3 is 5.73 Å². The van der Waals surface area contributed by atoms with Crippen LogP contribution in [-0.4, -0.2) is 47.5 Å². The number of nitrogens with zero attached hydrogens (tertiary/aromatic N) is 1. The minimum Gasteiger partial charge on any atom is -0.399 e. The van der Waals surface area contributed by atoms with E-state index >= 15 is 0 Å². The van der Waals surface area contributed by atoms with Crippen molar-refractivity contribution in [2.24, 2.45) is 0 Å². The van der Waals surface area contributed by atoms with Crippen molar-refractivity contribution >= 4 is 25.7 Å². The zero-order chi connectivity index (χ0) is 16.3. The molecule has 0 aliphatic carbocycles. The molecule has 1 aromatic rings. The van der Waals surface area contributed by atoms with Crippen molar-refractivity contribution in [2.45, 2.75) is 18.2 Å². The molecule has 0 bridgehead atoms. The van der Waals surface area contributed by atoms with E-state index in [1.807, 2.05) is 6.92 Å². The maximum Gasteiger partial charge on any atom is 0.240 e. The topological polar surface area (TPSA) is 110 Å². The molecule has 1 aromatic carbocycles. The number of aryl methyl sites for hydroxylation is 1. The van der Waals surface area contributed by atoms with E-state index in [-0.39, 0.29) is 17.2 Å². The van der Waals surface area contributed by atoms with Crippen LogP contribution in [0.5, 0.6) is 0 Å². The Balaban J connectivity index is 2.91. The van der Waals surface area contributed by atoms with E-state index < -0.39 is 20.0 Å². The van der Waals surface area contributed by atoms with Crippen molar-refractivity contribution in [1.82, 2.24) is 9.03 Å². The summed E-state index contributed by atoms with van der Waals surface area (Å²) in [4.78, 5) is 0.0900. The fraction of sp³-hybridized carbons (Fsp3) is 0.500. The van der Waals surface area contributed by atoms with Gasteiger partial charge in [-0.05, 0) is 24.1 Å². The Kier molecular flexibility index (Phi) is 5.74. The lowest BCUT2D eigenvalue weighted by molar-refractivity contribution is 0.519. The second-order valence-corrected chi connectivity index (χ2v) is 8.75. The van der Waals surface area contributed by atoms with Crippen LogP contribution in [0.25, 0.3) is 0 Å². The summed E-state index contributed by atoms with van der Waals surface area (Å²) in [5.41, 5.74) is 6.59. The lowest BCUT2D eigenvalue weighted by Crippen LogP contribution is -2.34. The second kappa shape index (κ2) is 6.73. The van der Waals surface area contributed by atoms with E-state index in [2.05, 4.69) is 4.72 Å². The smallest absolute Gasteiger partial charge is 0.240 e. The molecule has 0 saturated carbocycles. The highest BCUT2D eigenvalue weighted by atomic mass is 32.2. The predicted molar refractivity (Wildman–Crippen MR) is 82.9 cm³/mol. The summed E-state index contributed by atoms with van der Waals surface area (Å²) in [6, 6.07) is 4.66. The molecule has 7 nitrogen and oxygen atoms in total. The molecule has 0 spiro atoms. The van der Waals surface area contributed by atoms with Crippen molar-refractivity contribution in [3.8, 4) is 0 Å². The number of hydrogen-bond acceptors (Lipinski definition) is 5. The number of sulfonamides is 2. The van der Waals surface area contributed by atoms with Gasteiger partial charge >= 0.3 is 0 Å². The van der Waals surface area contributed by atoms with E-state index in [9.17, 15) is 16.8 Å². The molecule has 1 rings (SSSR count). The summed E-state index contributed by atoms with van der Waals surface area (Å²) in [6.45, 7) is 1.64. The molecule has 3 N–H and O–H groups in total. The first-order valence-electron chi connectivity index (χ1n) is 6.38. The summed E-state index contributed by atoms with van der Waals surface area (Å²) >= 11 is 0. The summed E-state index contributed by atoms with van der Waals surface area (Å²) in [6.07, 6.45) is 0.534. The van der Waals surface area contributed by atoms with Crippen LogP contribution in [0.4, 0.5) is 5.69 Å². The van der Waals surface area contributed by atoms with Gasteiger partial charge in [-0.1, -0.05) is 13.0 Å². The van der Waals surface area contributed by atoms with Crippen molar-refractivity contribution in [1.29, 1.82) is 0 Å². The maximum atomic E-state index is 12.2. The average Bonchev–Trinajstić information content (AvgIpc) is 2.38. The molecule has 0 heterocycles. The molecule has 21 heavy (non-hydrogen) atoms. The Morgan fingerprint density at radius 2 is 1.81 bits per heavy atom. The molecule has 0 aromatic heterocycles. The fourth-order valence-electron chi connectivity index (χ4n) is 1.68. The molecule has 120 valence electrons. The largest absolute Gasteiger partial charge is 0.399 e. The van der Waals surface area contributed by atoms with Crippen LogP contribution in [0.3, 0.4) is 0 Å². The highest BCUT2D eigenvalue weighted by Gasteiger charge is 2.20. The minimum absolute atomic E-state index is 0.0900. The zero-order valence-corrected chi connectivity index (χ0v) is 14.0. The first-order chi connectivity index (χ1) is 9.60. The number of nitrogen functional groups attached to an aromatic ring is 1. The van der Waals surface area contributed by atoms with Gasteiger partial charge in [0.2, 0.25) is 20.0 Å². The first kappa shape index (κ1) is 17.9. The van der Waals surface area contributed by atoms with Crippen molar-refractivity contribution in [2.75, 3.05) is 32.1 Å². The third-order valence-corrected chi connectivity index (χ3v) is 6.35. The van der Waals surface area contributed by atoms with Gasteiger partial charge in [-0.3, -0.25) is 0 Å². The molecular weight excluding hydrogens is 314 g/mol. The van der Waals surface area contributed by atoms with Crippen LogP contribution in [0, 0.1) is 0 Å². The molecule has 0 atom stereocenters. The van der Waals surface area contributed by atoms with Gasteiger partial charge in [-0.15, -0.1) is 0 Å². The molecular formula is C12H21N3O4S2. The van der Waals surface area contributed by atoms with Crippen LogP contribution in [-0.2, 0) is 26.5 Å². The van der Waals surface area contributed by atoms with Crippen LogP contribution < -0.4 is 10.5 Å². The maximum absolute atomic E-state index is 12.2. The minimum atomic E-state index is -3.79. The number of anilines is 1. The molecule has 0 amide bonds. The molecule has 9 heteroatoms. The van der Waals surface area contributed by atoms with Crippen molar-refractivity contribution in [3.05, 3.63) is 23.8 Å². The summed E-state index contributed by atoms with van der Waals surface area (Å²) in [7, 11) is -4.43. The van der Waals surface area contributed by atoms with Crippen LogP contribution in [0.1, 0.15) is 12.5 Å². The third-order valence-electron chi connectivity index (χ3n) is 2.97. The van der Waals surface area contributed by atoms with Gasteiger partial charge in [-0.25, -0.2) is 25.9 Å².